The van der Waals surface area contributed by atoms with E-state index in [-0.39, 0.29) is 16.1 Å². The molecule has 4 aromatic rings. The standard InChI is InChI=1S/C21H13F2N3O3S/c22-17-12-14(26-30(28,29)15-4-2-1-3-5-15)11-16(20(17)23)21(27)13-6-7-18-19(10-13)25-9-8-24-18/h1-12,26H. The molecule has 1 aromatic heterocycles. The van der Waals surface area contributed by atoms with Crippen LogP contribution < -0.4 is 4.72 Å². The fourth-order valence-corrected chi connectivity index (χ4v) is 3.95. The molecule has 0 bridgehead atoms. The molecule has 0 fully saturated rings. The molecule has 0 radical (unpaired) electrons. The van der Waals surface area contributed by atoms with Crippen LogP contribution in [0.1, 0.15) is 15.9 Å². The van der Waals surface area contributed by atoms with E-state index >= 15 is 0 Å². The molecule has 150 valence electrons. The zero-order valence-electron chi connectivity index (χ0n) is 15.2. The highest BCUT2D eigenvalue weighted by molar-refractivity contribution is 7.92. The van der Waals surface area contributed by atoms with Crippen LogP contribution in [-0.2, 0) is 10.0 Å². The molecule has 6 nitrogen and oxygen atoms in total. The highest BCUT2D eigenvalue weighted by Crippen LogP contribution is 2.24. The van der Waals surface area contributed by atoms with Gasteiger partial charge in [-0.25, -0.2) is 17.2 Å². The van der Waals surface area contributed by atoms with Gasteiger partial charge in [-0.1, -0.05) is 18.2 Å². The number of rotatable bonds is 5. The molecule has 3 aromatic carbocycles. The first-order valence-electron chi connectivity index (χ1n) is 8.67. The lowest BCUT2D eigenvalue weighted by molar-refractivity contribution is 0.103. The lowest BCUT2D eigenvalue weighted by Crippen LogP contribution is -2.14. The van der Waals surface area contributed by atoms with E-state index in [0.717, 1.165) is 6.07 Å². The fraction of sp³-hybridized carbons (Fsp3) is 0. The van der Waals surface area contributed by atoms with E-state index < -0.39 is 33.0 Å². The molecule has 0 saturated carbocycles. The van der Waals surface area contributed by atoms with Gasteiger partial charge < -0.3 is 0 Å². The third-order valence-electron chi connectivity index (χ3n) is 4.31. The summed E-state index contributed by atoms with van der Waals surface area (Å²) in [6.07, 6.45) is 2.93. The lowest BCUT2D eigenvalue weighted by atomic mass is 10.0. The van der Waals surface area contributed by atoms with Crippen molar-refractivity contribution in [2.75, 3.05) is 4.72 Å². The highest BCUT2D eigenvalue weighted by Gasteiger charge is 2.22. The normalized spacial score (nSPS) is 11.4. The van der Waals surface area contributed by atoms with Crippen LogP contribution in [0.5, 0.6) is 0 Å². The summed E-state index contributed by atoms with van der Waals surface area (Å²) >= 11 is 0. The molecular weight excluding hydrogens is 412 g/mol. The Labute approximate surface area is 170 Å². The average molecular weight is 425 g/mol. The highest BCUT2D eigenvalue weighted by atomic mass is 32.2. The van der Waals surface area contributed by atoms with Gasteiger partial charge in [0.15, 0.2) is 17.4 Å². The summed E-state index contributed by atoms with van der Waals surface area (Å²) in [7, 11) is -4.05. The van der Waals surface area contributed by atoms with Crippen LogP contribution in [0.2, 0.25) is 0 Å². The van der Waals surface area contributed by atoms with Gasteiger partial charge in [-0.05, 0) is 36.4 Å². The Bertz CT molecular complexity index is 1380. The third-order valence-corrected chi connectivity index (χ3v) is 5.71. The first-order valence-corrected chi connectivity index (χ1v) is 10.2. The largest absolute Gasteiger partial charge is 0.288 e. The molecule has 0 spiro atoms. The number of anilines is 1. The smallest absolute Gasteiger partial charge is 0.261 e. The molecule has 0 aliphatic heterocycles. The van der Waals surface area contributed by atoms with Gasteiger partial charge in [0.25, 0.3) is 10.0 Å². The number of benzene rings is 3. The van der Waals surface area contributed by atoms with Crippen molar-refractivity contribution in [1.82, 2.24) is 9.97 Å². The lowest BCUT2D eigenvalue weighted by Gasteiger charge is -2.11. The summed E-state index contributed by atoms with van der Waals surface area (Å²) in [5, 5.41) is 0. The predicted molar refractivity (Wildman–Crippen MR) is 107 cm³/mol. The van der Waals surface area contributed by atoms with Gasteiger partial charge in [0.1, 0.15) is 0 Å². The molecule has 0 atom stereocenters. The molecule has 30 heavy (non-hydrogen) atoms. The number of nitrogens with zero attached hydrogens (tertiary/aromatic N) is 2. The van der Waals surface area contributed by atoms with Crippen molar-refractivity contribution in [2.45, 2.75) is 4.90 Å². The fourth-order valence-electron chi connectivity index (χ4n) is 2.89. The van der Waals surface area contributed by atoms with Crippen molar-refractivity contribution in [2.24, 2.45) is 0 Å². The molecule has 4 rings (SSSR count). The van der Waals surface area contributed by atoms with Gasteiger partial charge in [-0.15, -0.1) is 0 Å². The first kappa shape index (κ1) is 19.6. The maximum atomic E-state index is 14.4. The monoisotopic (exact) mass is 425 g/mol. The zero-order valence-corrected chi connectivity index (χ0v) is 16.0. The first-order chi connectivity index (χ1) is 14.3. The van der Waals surface area contributed by atoms with Crippen LogP contribution >= 0.6 is 0 Å². The van der Waals surface area contributed by atoms with Gasteiger partial charge in [-0.2, -0.15) is 0 Å². The van der Waals surface area contributed by atoms with Gasteiger partial charge in [0.2, 0.25) is 0 Å². The molecule has 1 N–H and O–H groups in total. The van der Waals surface area contributed by atoms with Crippen molar-refractivity contribution < 1.29 is 22.0 Å². The van der Waals surface area contributed by atoms with E-state index in [9.17, 15) is 22.0 Å². The summed E-state index contributed by atoms with van der Waals surface area (Å²) in [6, 6.07) is 13.4. The maximum absolute atomic E-state index is 14.4. The van der Waals surface area contributed by atoms with Crippen LogP contribution in [0.15, 0.2) is 78.0 Å². The third kappa shape index (κ3) is 3.74. The van der Waals surface area contributed by atoms with Gasteiger partial charge in [-0.3, -0.25) is 19.5 Å². The molecule has 9 heteroatoms. The van der Waals surface area contributed by atoms with Crippen molar-refractivity contribution in [3.05, 3.63) is 95.8 Å². The van der Waals surface area contributed by atoms with Crippen molar-refractivity contribution >= 4 is 32.5 Å². The Morgan fingerprint density at radius 2 is 1.57 bits per heavy atom. The van der Waals surface area contributed by atoms with Crippen molar-refractivity contribution in [1.29, 1.82) is 0 Å². The number of sulfonamides is 1. The van der Waals surface area contributed by atoms with Crippen LogP contribution in [0.25, 0.3) is 11.0 Å². The molecular formula is C21H13F2N3O3S. The Hall–Kier alpha value is -3.72. The predicted octanol–water partition coefficient (Wildman–Crippen LogP) is 3.94. The molecule has 0 aliphatic carbocycles. The van der Waals surface area contributed by atoms with Crippen LogP contribution in [0, 0.1) is 11.6 Å². The second-order valence-corrected chi connectivity index (χ2v) is 8.01. The van der Waals surface area contributed by atoms with E-state index in [0.29, 0.717) is 17.1 Å². The summed E-state index contributed by atoms with van der Waals surface area (Å²) in [4.78, 5) is 20.9. The molecule has 0 unspecified atom stereocenters. The molecule has 0 aliphatic rings. The summed E-state index contributed by atoms with van der Waals surface area (Å²) in [5.41, 5.74) is 0.116. The number of carbonyl (C=O) groups is 1. The van der Waals surface area contributed by atoms with Crippen LogP contribution in [0.3, 0.4) is 0 Å². The Morgan fingerprint density at radius 1 is 0.867 bits per heavy atom. The zero-order chi connectivity index (χ0) is 21.3. The Kier molecular flexibility index (Phi) is 4.96. The van der Waals surface area contributed by atoms with Gasteiger partial charge in [0, 0.05) is 24.0 Å². The van der Waals surface area contributed by atoms with Gasteiger partial charge in [0.05, 0.1) is 27.2 Å². The minimum atomic E-state index is -4.05. The summed E-state index contributed by atoms with van der Waals surface area (Å²) in [5.74, 6) is -3.55. The number of halogens is 2. The number of nitrogens with one attached hydrogen (secondary N) is 1. The van der Waals surface area contributed by atoms with E-state index in [1.54, 1.807) is 6.07 Å². The average Bonchev–Trinajstić information content (AvgIpc) is 2.75. The van der Waals surface area contributed by atoms with Gasteiger partial charge >= 0.3 is 0 Å². The quantitative estimate of drug-likeness (QED) is 0.489. The van der Waals surface area contributed by atoms with Crippen molar-refractivity contribution in [3.63, 3.8) is 0 Å². The van der Waals surface area contributed by atoms with Crippen LogP contribution in [0.4, 0.5) is 14.5 Å². The minimum Gasteiger partial charge on any atom is -0.288 e. The second-order valence-electron chi connectivity index (χ2n) is 6.33. The molecule has 1 heterocycles. The van der Waals surface area contributed by atoms with E-state index in [1.807, 2.05) is 0 Å². The van der Waals surface area contributed by atoms with Crippen LogP contribution in [-0.4, -0.2) is 24.2 Å². The van der Waals surface area contributed by atoms with E-state index in [2.05, 4.69) is 14.7 Å². The second kappa shape index (κ2) is 7.60. The van der Waals surface area contributed by atoms with Crippen molar-refractivity contribution in [3.8, 4) is 0 Å². The number of fused-ring (bicyclic) bond motifs is 1. The molecule has 0 saturated heterocycles. The maximum Gasteiger partial charge on any atom is 0.261 e. The number of carbonyl (C=O) groups excluding carboxylic acids is 1. The van der Waals surface area contributed by atoms with E-state index in [1.165, 1.54) is 54.9 Å². The molecule has 0 amide bonds. The number of ketones is 1. The minimum absolute atomic E-state index is 0.0595. The Morgan fingerprint density at radius 3 is 2.30 bits per heavy atom. The number of hydrogen-bond donors (Lipinski definition) is 1. The van der Waals surface area contributed by atoms with E-state index in [4.69, 9.17) is 0 Å². The summed E-state index contributed by atoms with van der Waals surface area (Å²) < 4.78 is 55.7. The number of aromatic nitrogens is 2. The Balaban J connectivity index is 1.73. The summed E-state index contributed by atoms with van der Waals surface area (Å²) in [6.45, 7) is 0. The topological polar surface area (TPSA) is 89.0 Å². The SMILES string of the molecule is O=C(c1ccc2nccnc2c1)c1cc(NS(=O)(=O)c2ccccc2)cc(F)c1F. The number of hydrogen-bond acceptors (Lipinski definition) is 5.